The molecule has 1 aliphatic carbocycles. The van der Waals surface area contributed by atoms with Crippen molar-refractivity contribution in [1.29, 1.82) is 0 Å². The maximum atomic E-state index is 13.2. The molecule has 0 aromatic heterocycles. The number of rotatable bonds is 3. The van der Waals surface area contributed by atoms with E-state index in [9.17, 15) is 4.39 Å². The molecule has 1 saturated carbocycles. The van der Waals surface area contributed by atoms with Gasteiger partial charge in [-0.05, 0) is 55.7 Å². The minimum absolute atomic E-state index is 0.147. The van der Waals surface area contributed by atoms with E-state index in [1.165, 1.54) is 18.6 Å². The van der Waals surface area contributed by atoms with Gasteiger partial charge in [-0.15, -0.1) is 0 Å². The van der Waals surface area contributed by atoms with Crippen LogP contribution in [-0.2, 0) is 25.8 Å². The quantitative estimate of drug-likeness (QED) is 0.786. The molecular formula is C22H30FNO4. The Morgan fingerprint density at radius 2 is 1.86 bits per heavy atom. The Balaban J connectivity index is 1.40. The molecule has 1 aromatic carbocycles. The summed E-state index contributed by atoms with van der Waals surface area (Å²) in [5, 5.41) is 3.52. The molecule has 154 valence electrons. The first-order valence-electron chi connectivity index (χ1n) is 10.6. The van der Waals surface area contributed by atoms with Gasteiger partial charge in [0.2, 0.25) is 5.79 Å². The van der Waals surface area contributed by atoms with Gasteiger partial charge in [0.25, 0.3) is 0 Å². The number of nitrogens with one attached hydrogen (secondary N) is 1. The largest absolute Gasteiger partial charge is 0.331 e. The van der Waals surface area contributed by atoms with Gasteiger partial charge in [0, 0.05) is 24.8 Å². The van der Waals surface area contributed by atoms with Crippen molar-refractivity contribution in [3.05, 3.63) is 35.6 Å². The molecule has 4 heterocycles. The lowest BCUT2D eigenvalue weighted by Crippen LogP contribution is -2.71. The van der Waals surface area contributed by atoms with Crippen LogP contribution in [0, 0.1) is 29.5 Å². The van der Waals surface area contributed by atoms with E-state index >= 15 is 0 Å². The zero-order valence-electron chi connectivity index (χ0n) is 16.8. The standard InChI is InChI=1S/C22H30FNO4/c1-13-4-9-18-14(2)19(24-12-15-5-7-16(23)8-6-15)25-20-22(18)17(13)10-11-21(3,26-20)27-28-22/h5-8,13-14,17-20,24H,4,9-12H2,1-3H3/t13-,14-,17-,18-,19?,20+,21+,22-/m0/s1. The third kappa shape index (κ3) is 2.84. The Labute approximate surface area is 165 Å². The monoisotopic (exact) mass is 391 g/mol. The number of hydrogen-bond acceptors (Lipinski definition) is 5. The van der Waals surface area contributed by atoms with E-state index in [0.29, 0.717) is 24.3 Å². The topological polar surface area (TPSA) is 49.0 Å². The molecule has 5 aliphatic rings. The molecule has 4 saturated heterocycles. The molecule has 4 aliphatic heterocycles. The molecule has 28 heavy (non-hydrogen) atoms. The molecular weight excluding hydrogens is 361 g/mol. The Morgan fingerprint density at radius 1 is 1.07 bits per heavy atom. The zero-order chi connectivity index (χ0) is 19.5. The van der Waals surface area contributed by atoms with E-state index < -0.39 is 17.7 Å². The van der Waals surface area contributed by atoms with E-state index in [0.717, 1.165) is 24.8 Å². The molecule has 6 heteroatoms. The van der Waals surface area contributed by atoms with Crippen LogP contribution in [0.4, 0.5) is 4.39 Å². The summed E-state index contributed by atoms with van der Waals surface area (Å²) in [6.45, 7) is 7.11. The summed E-state index contributed by atoms with van der Waals surface area (Å²) < 4.78 is 26.0. The maximum absolute atomic E-state index is 13.2. The minimum atomic E-state index is -0.750. The Morgan fingerprint density at radius 3 is 2.64 bits per heavy atom. The van der Waals surface area contributed by atoms with Crippen LogP contribution in [-0.4, -0.2) is 23.9 Å². The van der Waals surface area contributed by atoms with Gasteiger partial charge < -0.3 is 9.47 Å². The van der Waals surface area contributed by atoms with Crippen molar-refractivity contribution in [3.8, 4) is 0 Å². The summed E-state index contributed by atoms with van der Waals surface area (Å²) in [6.07, 6.45) is 3.54. The lowest BCUT2D eigenvalue weighted by Gasteiger charge is -2.60. The smallest absolute Gasteiger partial charge is 0.201 e. The first kappa shape index (κ1) is 18.9. The lowest BCUT2D eigenvalue weighted by molar-refractivity contribution is -0.571. The normalized spacial score (nSPS) is 47.4. The number of fused-ring (bicyclic) bond motifs is 2. The van der Waals surface area contributed by atoms with Crippen LogP contribution in [0.1, 0.15) is 52.0 Å². The summed E-state index contributed by atoms with van der Waals surface area (Å²) in [4.78, 5) is 12.0. The van der Waals surface area contributed by atoms with Gasteiger partial charge >= 0.3 is 0 Å². The highest BCUT2D eigenvalue weighted by molar-refractivity contribution is 5.16. The minimum Gasteiger partial charge on any atom is -0.331 e. The molecule has 5 nitrogen and oxygen atoms in total. The zero-order valence-corrected chi connectivity index (χ0v) is 16.8. The summed E-state index contributed by atoms with van der Waals surface area (Å²) in [6, 6.07) is 6.59. The number of benzene rings is 1. The van der Waals surface area contributed by atoms with Crippen LogP contribution in [0.3, 0.4) is 0 Å². The maximum Gasteiger partial charge on any atom is 0.201 e. The van der Waals surface area contributed by atoms with Gasteiger partial charge in [-0.25, -0.2) is 14.2 Å². The summed E-state index contributed by atoms with van der Waals surface area (Å²) in [7, 11) is 0. The van der Waals surface area contributed by atoms with Gasteiger partial charge in [-0.1, -0.05) is 26.0 Å². The SMILES string of the molecule is C[C@@H]1C(NCc2ccc(F)cc2)O[C@@H]2O[C@@]3(C)CC[C@H]4[C@@H](C)CC[C@@H]1[C@]24OO3. The third-order valence-corrected chi connectivity index (χ3v) is 7.58. The molecule has 6 rings (SSSR count). The summed E-state index contributed by atoms with van der Waals surface area (Å²) in [5.41, 5.74) is 0.503. The molecule has 2 bridgehead atoms. The first-order chi connectivity index (χ1) is 13.4. The molecule has 8 atom stereocenters. The van der Waals surface area contributed by atoms with Gasteiger partial charge in [-0.2, -0.15) is 0 Å². The van der Waals surface area contributed by atoms with Crippen molar-refractivity contribution in [1.82, 2.24) is 5.32 Å². The van der Waals surface area contributed by atoms with Crippen molar-refractivity contribution >= 4 is 0 Å². The third-order valence-electron chi connectivity index (χ3n) is 7.58. The van der Waals surface area contributed by atoms with Crippen molar-refractivity contribution in [2.24, 2.45) is 23.7 Å². The van der Waals surface area contributed by atoms with E-state index in [1.54, 1.807) is 12.1 Å². The molecule has 0 amide bonds. The average molecular weight is 391 g/mol. The second kappa shape index (κ2) is 6.74. The fourth-order valence-corrected chi connectivity index (χ4v) is 5.96. The Kier molecular flexibility index (Phi) is 4.56. The van der Waals surface area contributed by atoms with Crippen LogP contribution in [0.15, 0.2) is 24.3 Å². The highest BCUT2D eigenvalue weighted by Gasteiger charge is 2.69. The van der Waals surface area contributed by atoms with Crippen molar-refractivity contribution in [2.75, 3.05) is 0 Å². The van der Waals surface area contributed by atoms with Crippen LogP contribution in [0.25, 0.3) is 0 Å². The summed E-state index contributed by atoms with van der Waals surface area (Å²) >= 11 is 0. The van der Waals surface area contributed by atoms with Crippen LogP contribution >= 0.6 is 0 Å². The van der Waals surface area contributed by atoms with Gasteiger partial charge in [0.05, 0.1) is 0 Å². The fraction of sp³-hybridized carbons (Fsp3) is 0.727. The average Bonchev–Trinajstić information content (AvgIpc) is 2.91. The van der Waals surface area contributed by atoms with Crippen LogP contribution in [0.2, 0.25) is 0 Å². The molecule has 1 N–H and O–H groups in total. The molecule has 5 fully saturated rings. The van der Waals surface area contributed by atoms with Gasteiger partial charge in [0.1, 0.15) is 12.0 Å². The molecule has 0 radical (unpaired) electrons. The predicted molar refractivity (Wildman–Crippen MR) is 100 cm³/mol. The van der Waals surface area contributed by atoms with Crippen molar-refractivity contribution in [3.63, 3.8) is 0 Å². The summed E-state index contributed by atoms with van der Waals surface area (Å²) in [5.74, 6) is 0.525. The second-order valence-electron chi connectivity index (χ2n) is 9.33. The highest BCUT2D eigenvalue weighted by atomic mass is 19.1. The van der Waals surface area contributed by atoms with Crippen LogP contribution in [0.5, 0.6) is 0 Å². The van der Waals surface area contributed by atoms with E-state index in [2.05, 4.69) is 19.2 Å². The molecule has 1 spiro atoms. The number of ether oxygens (including phenoxy) is 2. The fourth-order valence-electron chi connectivity index (χ4n) is 5.96. The number of halogens is 1. The lowest BCUT2D eigenvalue weighted by atomic mass is 9.58. The Bertz CT molecular complexity index is 730. The van der Waals surface area contributed by atoms with Gasteiger partial charge in [-0.3, -0.25) is 5.32 Å². The molecule has 1 aromatic rings. The van der Waals surface area contributed by atoms with E-state index in [4.69, 9.17) is 19.2 Å². The Hall–Kier alpha value is -1.05. The van der Waals surface area contributed by atoms with E-state index in [1.807, 2.05) is 6.92 Å². The van der Waals surface area contributed by atoms with Crippen molar-refractivity contribution in [2.45, 2.75) is 76.9 Å². The van der Waals surface area contributed by atoms with Crippen LogP contribution < -0.4 is 5.32 Å². The predicted octanol–water partition coefficient (Wildman–Crippen LogP) is 4.12. The highest BCUT2D eigenvalue weighted by Crippen LogP contribution is 2.60. The van der Waals surface area contributed by atoms with Gasteiger partial charge in [0.15, 0.2) is 11.9 Å². The van der Waals surface area contributed by atoms with Crippen molar-refractivity contribution < 1.29 is 23.6 Å². The van der Waals surface area contributed by atoms with E-state index in [-0.39, 0.29) is 18.0 Å². The molecule has 1 unspecified atom stereocenters. The first-order valence-corrected chi connectivity index (χ1v) is 10.6. The number of hydrogen-bond donors (Lipinski definition) is 1. The second-order valence-corrected chi connectivity index (χ2v) is 9.33.